The Morgan fingerprint density at radius 1 is 0.667 bits per heavy atom. The van der Waals surface area contributed by atoms with Crippen LogP contribution >= 0.6 is 0 Å². The van der Waals surface area contributed by atoms with Gasteiger partial charge in [-0.3, -0.25) is 9.59 Å². The van der Waals surface area contributed by atoms with Crippen LogP contribution in [0.3, 0.4) is 0 Å². The van der Waals surface area contributed by atoms with Gasteiger partial charge >= 0.3 is 0 Å². The maximum absolute atomic E-state index is 13.8. The van der Waals surface area contributed by atoms with Crippen molar-refractivity contribution in [1.29, 1.82) is 0 Å². The summed E-state index contributed by atoms with van der Waals surface area (Å²) in [5.74, 6) is -0.485. The van der Waals surface area contributed by atoms with Crippen molar-refractivity contribution in [3.05, 3.63) is 101 Å². The topological polar surface area (TPSA) is 43.9 Å². The van der Waals surface area contributed by atoms with Crippen LogP contribution in [-0.4, -0.2) is 42.9 Å². The fourth-order valence-electron chi connectivity index (χ4n) is 4.68. The van der Waals surface area contributed by atoms with Crippen molar-refractivity contribution >= 4 is 28.8 Å². The van der Waals surface area contributed by atoms with E-state index in [1.807, 2.05) is 80.6 Å². The molecule has 1 saturated heterocycles. The Morgan fingerprint density at radius 2 is 1.27 bits per heavy atom. The van der Waals surface area contributed by atoms with Crippen molar-refractivity contribution in [3.63, 3.8) is 0 Å². The molecule has 5 heteroatoms. The lowest BCUT2D eigenvalue weighted by Crippen LogP contribution is -2.47. The lowest BCUT2D eigenvalue weighted by atomic mass is 10.0. The SMILES string of the molecule is Cc1ccc(C)c(N2C(=O)C(c3ccccc3)=C(N3CCN(c4ccccc4)CC3)C2=O)c1. The van der Waals surface area contributed by atoms with Crippen LogP contribution < -0.4 is 9.80 Å². The van der Waals surface area contributed by atoms with Crippen molar-refractivity contribution < 1.29 is 9.59 Å². The Morgan fingerprint density at radius 3 is 1.94 bits per heavy atom. The molecule has 3 aromatic carbocycles. The molecule has 2 aliphatic rings. The fraction of sp³-hybridized carbons (Fsp3) is 0.214. The number of hydrogen-bond acceptors (Lipinski definition) is 4. The van der Waals surface area contributed by atoms with E-state index >= 15 is 0 Å². The number of para-hydroxylation sites is 1. The van der Waals surface area contributed by atoms with Crippen LogP contribution in [-0.2, 0) is 9.59 Å². The van der Waals surface area contributed by atoms with Crippen LogP contribution in [0, 0.1) is 13.8 Å². The van der Waals surface area contributed by atoms with Gasteiger partial charge in [-0.2, -0.15) is 0 Å². The van der Waals surface area contributed by atoms with Crippen LogP contribution in [0.5, 0.6) is 0 Å². The second-order valence-electron chi connectivity index (χ2n) is 8.63. The highest BCUT2D eigenvalue weighted by molar-refractivity contribution is 6.45. The second-order valence-corrected chi connectivity index (χ2v) is 8.63. The molecular formula is C28H27N3O2. The predicted molar refractivity (Wildman–Crippen MR) is 132 cm³/mol. The third-order valence-electron chi connectivity index (χ3n) is 6.44. The average Bonchev–Trinajstić information content (AvgIpc) is 3.11. The highest BCUT2D eigenvalue weighted by atomic mass is 16.2. The number of hydrogen-bond donors (Lipinski definition) is 0. The summed E-state index contributed by atoms with van der Waals surface area (Å²) in [4.78, 5) is 33.3. The van der Waals surface area contributed by atoms with Gasteiger partial charge in [0.05, 0.1) is 11.3 Å². The maximum atomic E-state index is 13.8. The Labute approximate surface area is 194 Å². The standard InChI is InChI=1S/C28H27N3O2/c1-20-13-14-21(2)24(19-20)31-27(32)25(22-9-5-3-6-10-22)26(28(31)33)30-17-15-29(16-18-30)23-11-7-4-8-12-23/h3-14,19H,15-18H2,1-2H3. The average molecular weight is 438 g/mol. The number of carbonyl (C=O) groups is 2. The first-order chi connectivity index (χ1) is 16.0. The summed E-state index contributed by atoms with van der Waals surface area (Å²) >= 11 is 0. The second kappa shape index (κ2) is 8.58. The molecule has 0 atom stereocenters. The normalized spacial score (nSPS) is 16.7. The zero-order chi connectivity index (χ0) is 22.9. The van der Waals surface area contributed by atoms with E-state index < -0.39 is 0 Å². The minimum Gasteiger partial charge on any atom is -0.368 e. The maximum Gasteiger partial charge on any atom is 0.282 e. The van der Waals surface area contributed by atoms with Gasteiger partial charge in [0.25, 0.3) is 11.8 Å². The van der Waals surface area contributed by atoms with Gasteiger partial charge < -0.3 is 9.80 Å². The van der Waals surface area contributed by atoms with E-state index in [0.29, 0.717) is 30.0 Å². The number of aryl methyl sites for hydroxylation is 2. The third kappa shape index (κ3) is 3.80. The number of benzene rings is 3. The first-order valence-corrected chi connectivity index (χ1v) is 11.4. The minimum atomic E-state index is -0.250. The zero-order valence-corrected chi connectivity index (χ0v) is 19.0. The van der Waals surface area contributed by atoms with E-state index in [1.54, 1.807) is 0 Å². The smallest absolute Gasteiger partial charge is 0.282 e. The van der Waals surface area contributed by atoms with Gasteiger partial charge in [0, 0.05) is 31.9 Å². The Balaban J connectivity index is 1.51. The van der Waals surface area contributed by atoms with Crippen LogP contribution in [0.15, 0.2) is 84.6 Å². The van der Waals surface area contributed by atoms with Crippen molar-refractivity contribution in [2.75, 3.05) is 36.0 Å². The Hall–Kier alpha value is -3.86. The van der Waals surface area contributed by atoms with Gasteiger partial charge in [-0.15, -0.1) is 0 Å². The molecule has 0 aromatic heterocycles. The number of carbonyl (C=O) groups excluding carboxylic acids is 2. The van der Waals surface area contributed by atoms with Gasteiger partial charge in [0.2, 0.25) is 0 Å². The lowest BCUT2D eigenvalue weighted by Gasteiger charge is -2.37. The fourth-order valence-corrected chi connectivity index (χ4v) is 4.68. The molecule has 5 nitrogen and oxygen atoms in total. The Kier molecular flexibility index (Phi) is 5.47. The van der Waals surface area contributed by atoms with E-state index in [2.05, 4.69) is 21.9 Å². The van der Waals surface area contributed by atoms with Crippen molar-refractivity contribution in [1.82, 2.24) is 4.90 Å². The van der Waals surface area contributed by atoms with Crippen molar-refractivity contribution in [2.24, 2.45) is 0 Å². The van der Waals surface area contributed by atoms with Gasteiger partial charge in [-0.1, -0.05) is 60.7 Å². The predicted octanol–water partition coefficient (Wildman–Crippen LogP) is 4.41. The largest absolute Gasteiger partial charge is 0.368 e. The summed E-state index contributed by atoms with van der Waals surface area (Å²) in [7, 11) is 0. The molecule has 33 heavy (non-hydrogen) atoms. The summed E-state index contributed by atoms with van der Waals surface area (Å²) < 4.78 is 0. The van der Waals surface area contributed by atoms with Gasteiger partial charge in [-0.25, -0.2) is 4.90 Å². The van der Waals surface area contributed by atoms with Crippen LogP contribution in [0.25, 0.3) is 5.57 Å². The summed E-state index contributed by atoms with van der Waals surface area (Å²) in [6.07, 6.45) is 0. The van der Waals surface area contributed by atoms with Gasteiger partial charge in [-0.05, 0) is 48.7 Å². The quantitative estimate of drug-likeness (QED) is 0.567. The minimum absolute atomic E-state index is 0.235. The third-order valence-corrected chi connectivity index (χ3v) is 6.44. The first kappa shape index (κ1) is 21.0. The molecule has 0 unspecified atom stereocenters. The highest BCUT2D eigenvalue weighted by Crippen LogP contribution is 2.36. The van der Waals surface area contributed by atoms with E-state index in [0.717, 1.165) is 29.8 Å². The number of imide groups is 1. The number of amides is 2. The molecule has 0 saturated carbocycles. The molecule has 0 bridgehead atoms. The molecule has 2 heterocycles. The van der Waals surface area contributed by atoms with E-state index in [9.17, 15) is 9.59 Å². The number of nitrogens with zero attached hydrogens (tertiary/aromatic N) is 3. The van der Waals surface area contributed by atoms with E-state index in [4.69, 9.17) is 0 Å². The molecule has 166 valence electrons. The molecule has 0 N–H and O–H groups in total. The van der Waals surface area contributed by atoms with Crippen LogP contribution in [0.2, 0.25) is 0 Å². The number of piperazine rings is 1. The molecule has 0 aliphatic carbocycles. The highest BCUT2D eigenvalue weighted by Gasteiger charge is 2.43. The van der Waals surface area contributed by atoms with Crippen LogP contribution in [0.1, 0.15) is 16.7 Å². The molecule has 1 fully saturated rings. The van der Waals surface area contributed by atoms with E-state index in [-0.39, 0.29) is 11.8 Å². The van der Waals surface area contributed by atoms with Crippen LogP contribution in [0.4, 0.5) is 11.4 Å². The number of anilines is 2. The molecule has 0 spiro atoms. The number of rotatable bonds is 4. The molecule has 2 amide bonds. The van der Waals surface area contributed by atoms with E-state index in [1.165, 1.54) is 10.6 Å². The zero-order valence-electron chi connectivity index (χ0n) is 19.0. The monoisotopic (exact) mass is 437 g/mol. The molecule has 2 aliphatic heterocycles. The summed E-state index contributed by atoms with van der Waals surface area (Å²) in [5, 5.41) is 0. The van der Waals surface area contributed by atoms with Gasteiger partial charge in [0.1, 0.15) is 5.70 Å². The Bertz CT molecular complexity index is 1230. The molecule has 3 aromatic rings. The summed E-state index contributed by atoms with van der Waals surface area (Å²) in [6, 6.07) is 25.8. The lowest BCUT2D eigenvalue weighted by molar-refractivity contribution is -0.120. The molecular weight excluding hydrogens is 410 g/mol. The van der Waals surface area contributed by atoms with Crippen molar-refractivity contribution in [2.45, 2.75) is 13.8 Å². The van der Waals surface area contributed by atoms with Gasteiger partial charge in [0.15, 0.2) is 0 Å². The first-order valence-electron chi connectivity index (χ1n) is 11.4. The molecule has 5 rings (SSSR count). The molecule has 0 radical (unpaired) electrons. The summed E-state index contributed by atoms with van der Waals surface area (Å²) in [6.45, 7) is 6.86. The van der Waals surface area contributed by atoms with Crippen molar-refractivity contribution in [3.8, 4) is 0 Å². The summed E-state index contributed by atoms with van der Waals surface area (Å²) in [5.41, 5.74) is 5.56.